The zero-order valence-electron chi connectivity index (χ0n) is 8.99. The van der Waals surface area contributed by atoms with Crippen LogP contribution in [0.15, 0.2) is 30.3 Å². The van der Waals surface area contributed by atoms with Crippen molar-refractivity contribution in [2.45, 2.75) is 20.8 Å². The zero-order chi connectivity index (χ0) is 10.6. The largest absolute Gasteiger partial charge is 0.391 e. The van der Waals surface area contributed by atoms with Gasteiger partial charge in [0.15, 0.2) is 0 Å². The molecule has 0 N–H and O–H groups in total. The summed E-state index contributed by atoms with van der Waals surface area (Å²) in [6.45, 7) is 6.75. The molecule has 1 radical (unpaired) electrons. The lowest BCUT2D eigenvalue weighted by molar-refractivity contribution is 0.161. The van der Waals surface area contributed by atoms with Gasteiger partial charge in [-0.3, -0.25) is 4.80 Å². The third-order valence-corrected chi connectivity index (χ3v) is 3.14. The maximum Gasteiger partial charge on any atom is 0.390 e. The molecule has 77 valence electrons. The number of benzene rings is 1. The highest BCUT2D eigenvalue weighted by Crippen LogP contribution is 2.12. The Labute approximate surface area is 87.4 Å². The lowest BCUT2D eigenvalue weighted by Gasteiger charge is -2.19. The molecule has 0 heterocycles. The van der Waals surface area contributed by atoms with E-state index >= 15 is 0 Å². The predicted molar refractivity (Wildman–Crippen MR) is 59.3 cm³/mol. The van der Waals surface area contributed by atoms with Crippen LogP contribution in [0.1, 0.15) is 20.8 Å². The fraction of sp³-hybridized carbons (Fsp3) is 0.455. The van der Waals surface area contributed by atoms with Crippen molar-refractivity contribution in [1.29, 1.82) is 0 Å². The maximum atomic E-state index is 11.7. The molecule has 0 saturated heterocycles. The summed E-state index contributed by atoms with van der Waals surface area (Å²) in [5.74, 6) is 0. The van der Waals surface area contributed by atoms with Gasteiger partial charge in [0.2, 0.25) is 0 Å². The van der Waals surface area contributed by atoms with E-state index in [4.69, 9.17) is 4.43 Å². The van der Waals surface area contributed by atoms with Gasteiger partial charge in [-0.15, -0.1) is 0 Å². The van der Waals surface area contributed by atoms with E-state index in [1.165, 1.54) is 0 Å². The molecule has 1 rings (SSSR count). The minimum Gasteiger partial charge on any atom is -0.391 e. The van der Waals surface area contributed by atoms with Gasteiger partial charge in [-0.25, -0.2) is 0 Å². The molecule has 0 amide bonds. The highest BCUT2D eigenvalue weighted by Gasteiger charge is 2.18. The summed E-state index contributed by atoms with van der Waals surface area (Å²) in [4.78, 5) is 11.7. The Balaban J connectivity index is 2.48. The first-order chi connectivity index (χ1) is 6.49. The molecule has 0 bridgehead atoms. The third-order valence-electron chi connectivity index (χ3n) is 1.74. The van der Waals surface area contributed by atoms with E-state index in [-0.39, 0.29) is 5.41 Å². The van der Waals surface area contributed by atoms with Crippen molar-refractivity contribution in [2.75, 3.05) is 6.61 Å². The summed E-state index contributed by atoms with van der Waals surface area (Å²) >= 11 is 0. The van der Waals surface area contributed by atoms with E-state index < -0.39 is 9.28 Å². The standard InChI is InChI=1S/C11H17O2Si/c1-11(2,3)9-13-14(12)10-7-5-4-6-8-10/h4-8,14H,9H2,1-3H3. The van der Waals surface area contributed by atoms with Gasteiger partial charge in [-0.05, 0) is 10.6 Å². The molecule has 1 atom stereocenters. The molecule has 2 nitrogen and oxygen atoms in total. The van der Waals surface area contributed by atoms with Crippen molar-refractivity contribution < 1.29 is 9.22 Å². The molecular weight excluding hydrogens is 192 g/mol. The monoisotopic (exact) mass is 209 g/mol. The van der Waals surface area contributed by atoms with E-state index in [0.717, 1.165) is 5.19 Å². The second-order valence-electron chi connectivity index (χ2n) is 4.61. The highest BCUT2D eigenvalue weighted by molar-refractivity contribution is 6.59. The van der Waals surface area contributed by atoms with Crippen LogP contribution in [-0.2, 0) is 9.22 Å². The van der Waals surface area contributed by atoms with Crippen LogP contribution in [0, 0.1) is 5.41 Å². The van der Waals surface area contributed by atoms with Crippen molar-refractivity contribution in [1.82, 2.24) is 0 Å². The van der Waals surface area contributed by atoms with Crippen LogP contribution >= 0.6 is 0 Å². The van der Waals surface area contributed by atoms with Crippen LogP contribution in [0.3, 0.4) is 0 Å². The average Bonchev–Trinajstić information content (AvgIpc) is 2.14. The summed E-state index contributed by atoms with van der Waals surface area (Å²) in [6.07, 6.45) is 0. The Morgan fingerprint density at radius 2 is 1.79 bits per heavy atom. The van der Waals surface area contributed by atoms with Crippen LogP contribution in [0.2, 0.25) is 0 Å². The van der Waals surface area contributed by atoms with Gasteiger partial charge in [0.25, 0.3) is 0 Å². The van der Waals surface area contributed by atoms with Gasteiger partial charge in [0.1, 0.15) is 0 Å². The molecule has 0 spiro atoms. The topological polar surface area (TPSA) is 29.1 Å². The second-order valence-corrected chi connectivity index (χ2v) is 6.28. The minimum absolute atomic E-state index is 0.0738. The SMILES string of the molecule is CC(C)(C)CO[SiH]([O])c1ccccc1. The Hall–Kier alpha value is -0.643. The first-order valence-electron chi connectivity index (χ1n) is 4.81. The number of hydrogen-bond acceptors (Lipinski definition) is 1. The van der Waals surface area contributed by atoms with Crippen LogP contribution in [0.4, 0.5) is 0 Å². The molecule has 1 unspecified atom stereocenters. The fourth-order valence-electron chi connectivity index (χ4n) is 1.03. The predicted octanol–water partition coefficient (Wildman–Crippen LogP) is 1.61. The van der Waals surface area contributed by atoms with Crippen LogP contribution < -0.4 is 5.19 Å². The summed E-state index contributed by atoms with van der Waals surface area (Å²) in [5.41, 5.74) is 0.0738. The van der Waals surface area contributed by atoms with Crippen LogP contribution in [-0.4, -0.2) is 15.9 Å². The van der Waals surface area contributed by atoms with Gasteiger partial charge in [-0.2, -0.15) is 0 Å². The molecule has 1 aromatic carbocycles. The average molecular weight is 209 g/mol. The Morgan fingerprint density at radius 1 is 1.21 bits per heavy atom. The molecule has 0 aliphatic rings. The molecule has 0 aliphatic heterocycles. The van der Waals surface area contributed by atoms with E-state index in [9.17, 15) is 4.80 Å². The van der Waals surface area contributed by atoms with Gasteiger partial charge in [0.05, 0.1) is 0 Å². The number of rotatable bonds is 3. The zero-order valence-corrected chi connectivity index (χ0v) is 10.1. The van der Waals surface area contributed by atoms with Crippen molar-refractivity contribution >= 4 is 14.5 Å². The summed E-state index contributed by atoms with van der Waals surface area (Å²) in [7, 11) is -2.41. The Morgan fingerprint density at radius 3 is 2.29 bits per heavy atom. The van der Waals surface area contributed by atoms with E-state index in [2.05, 4.69) is 20.8 Å². The molecule has 0 aromatic heterocycles. The smallest absolute Gasteiger partial charge is 0.390 e. The van der Waals surface area contributed by atoms with Crippen molar-refractivity contribution in [3.63, 3.8) is 0 Å². The van der Waals surface area contributed by atoms with E-state index in [1.807, 2.05) is 30.3 Å². The summed E-state index contributed by atoms with van der Waals surface area (Å²) in [6, 6.07) is 9.38. The summed E-state index contributed by atoms with van der Waals surface area (Å²) < 4.78 is 5.38. The Kier molecular flexibility index (Phi) is 3.86. The Bertz CT molecular complexity index is 266. The van der Waals surface area contributed by atoms with E-state index in [0.29, 0.717) is 6.61 Å². The van der Waals surface area contributed by atoms with Crippen LogP contribution in [0.25, 0.3) is 0 Å². The fourth-order valence-corrected chi connectivity index (χ4v) is 2.41. The lowest BCUT2D eigenvalue weighted by Crippen LogP contribution is -2.34. The van der Waals surface area contributed by atoms with Gasteiger partial charge < -0.3 is 4.43 Å². The second kappa shape index (κ2) is 4.73. The number of hydrogen-bond donors (Lipinski definition) is 0. The van der Waals surface area contributed by atoms with Gasteiger partial charge in [-0.1, -0.05) is 51.1 Å². The van der Waals surface area contributed by atoms with Crippen molar-refractivity contribution in [3.05, 3.63) is 30.3 Å². The molecule has 0 aliphatic carbocycles. The lowest BCUT2D eigenvalue weighted by atomic mass is 9.99. The van der Waals surface area contributed by atoms with Gasteiger partial charge in [0, 0.05) is 6.61 Å². The first-order valence-corrected chi connectivity index (χ1v) is 6.33. The minimum atomic E-state index is -2.41. The quantitative estimate of drug-likeness (QED) is 0.695. The molecule has 1 aromatic rings. The third kappa shape index (κ3) is 4.04. The highest BCUT2D eigenvalue weighted by atomic mass is 28.3. The first kappa shape index (κ1) is 11.4. The summed E-state index contributed by atoms with van der Waals surface area (Å²) in [5, 5.41) is 0.830. The van der Waals surface area contributed by atoms with Gasteiger partial charge >= 0.3 is 9.28 Å². The molecule has 3 heteroatoms. The van der Waals surface area contributed by atoms with Crippen molar-refractivity contribution in [2.24, 2.45) is 5.41 Å². The maximum absolute atomic E-state index is 11.7. The van der Waals surface area contributed by atoms with Crippen molar-refractivity contribution in [3.8, 4) is 0 Å². The normalized spacial score (nSPS) is 14.0. The molecule has 14 heavy (non-hydrogen) atoms. The van der Waals surface area contributed by atoms with E-state index in [1.54, 1.807) is 0 Å². The molecule has 0 fully saturated rings. The molecule has 0 saturated carbocycles. The molecular formula is C11H17O2Si. The van der Waals surface area contributed by atoms with Crippen LogP contribution in [0.5, 0.6) is 0 Å².